The second kappa shape index (κ2) is 8.49. The summed E-state index contributed by atoms with van der Waals surface area (Å²) in [5, 5.41) is 2.59. The molecule has 2 amide bonds. The summed E-state index contributed by atoms with van der Waals surface area (Å²) in [7, 11) is 0. The summed E-state index contributed by atoms with van der Waals surface area (Å²) in [6, 6.07) is 9.07. The Kier molecular flexibility index (Phi) is 7.74. The summed E-state index contributed by atoms with van der Waals surface area (Å²) in [4.78, 5) is 21.9. The van der Waals surface area contributed by atoms with Crippen molar-refractivity contribution in [2.45, 2.75) is 18.9 Å². The van der Waals surface area contributed by atoms with E-state index in [4.69, 9.17) is 11.5 Å². The van der Waals surface area contributed by atoms with Crippen molar-refractivity contribution in [3.8, 4) is 0 Å². The molecule has 0 spiro atoms. The summed E-state index contributed by atoms with van der Waals surface area (Å²) >= 11 is 0. The van der Waals surface area contributed by atoms with Gasteiger partial charge < -0.3 is 16.8 Å². The molecule has 0 saturated heterocycles. The fourth-order valence-electron chi connectivity index (χ4n) is 1.42. The number of halogens is 1. The van der Waals surface area contributed by atoms with Crippen molar-refractivity contribution in [3.63, 3.8) is 0 Å². The minimum atomic E-state index is -0.433. The molecule has 1 aromatic carbocycles. The molecule has 6 heteroatoms. The average molecular weight is 272 g/mol. The van der Waals surface area contributed by atoms with Gasteiger partial charge in [0.25, 0.3) is 0 Å². The molecule has 0 fully saturated rings. The molecular weight excluding hydrogens is 254 g/mol. The van der Waals surface area contributed by atoms with E-state index in [2.05, 4.69) is 5.32 Å². The molecule has 100 valence electrons. The summed E-state index contributed by atoms with van der Waals surface area (Å²) in [6.07, 6.45) is 0.342. The number of nitrogens with one attached hydrogen (secondary N) is 1. The lowest BCUT2D eigenvalue weighted by Gasteiger charge is -2.11. The van der Waals surface area contributed by atoms with Crippen LogP contribution in [0.15, 0.2) is 30.3 Å². The number of nitrogens with two attached hydrogens (primary N) is 2. The lowest BCUT2D eigenvalue weighted by Crippen LogP contribution is -2.30. The maximum absolute atomic E-state index is 11.5. The Bertz CT molecular complexity index is 384. The molecule has 0 aliphatic rings. The molecule has 0 heterocycles. The maximum Gasteiger partial charge on any atom is 0.221 e. The zero-order valence-corrected chi connectivity index (χ0v) is 10.8. The van der Waals surface area contributed by atoms with Gasteiger partial charge in [0.1, 0.15) is 0 Å². The first-order valence-electron chi connectivity index (χ1n) is 5.45. The molecule has 0 aliphatic carbocycles. The minimum Gasteiger partial charge on any atom is -0.370 e. The van der Waals surface area contributed by atoms with Gasteiger partial charge in [0.15, 0.2) is 0 Å². The quantitative estimate of drug-likeness (QED) is 0.702. The highest BCUT2D eigenvalue weighted by Crippen LogP contribution is 2.12. The summed E-state index contributed by atoms with van der Waals surface area (Å²) < 4.78 is 0. The highest BCUT2D eigenvalue weighted by atomic mass is 35.5. The zero-order valence-electron chi connectivity index (χ0n) is 9.96. The van der Waals surface area contributed by atoms with E-state index in [1.165, 1.54) is 0 Å². The molecule has 0 radical (unpaired) electrons. The van der Waals surface area contributed by atoms with Gasteiger partial charge in [0.2, 0.25) is 11.8 Å². The van der Waals surface area contributed by atoms with Crippen molar-refractivity contribution < 1.29 is 9.59 Å². The van der Waals surface area contributed by atoms with Crippen LogP contribution in [0.1, 0.15) is 24.4 Å². The second-order valence-electron chi connectivity index (χ2n) is 3.79. The Labute approximate surface area is 112 Å². The zero-order chi connectivity index (χ0) is 12.7. The normalized spacial score (nSPS) is 11.2. The molecular formula is C12H18ClN3O2. The molecule has 1 unspecified atom stereocenters. The van der Waals surface area contributed by atoms with Crippen molar-refractivity contribution in [1.29, 1.82) is 0 Å². The Morgan fingerprint density at radius 2 is 1.83 bits per heavy atom. The van der Waals surface area contributed by atoms with Crippen LogP contribution in [0.4, 0.5) is 0 Å². The molecule has 1 aromatic rings. The smallest absolute Gasteiger partial charge is 0.221 e. The molecule has 1 rings (SSSR count). The summed E-state index contributed by atoms with van der Waals surface area (Å²) in [5.74, 6) is -0.611. The molecule has 0 bridgehead atoms. The summed E-state index contributed by atoms with van der Waals surface area (Å²) in [6.45, 7) is 0.260. The van der Waals surface area contributed by atoms with E-state index in [-0.39, 0.29) is 43.7 Å². The topological polar surface area (TPSA) is 98.2 Å². The Hall–Kier alpha value is -1.59. The number of hydrogen-bond acceptors (Lipinski definition) is 3. The molecule has 0 aliphatic heterocycles. The van der Waals surface area contributed by atoms with Gasteiger partial charge >= 0.3 is 0 Å². The number of rotatable bonds is 6. The van der Waals surface area contributed by atoms with Crippen LogP contribution in [-0.2, 0) is 9.59 Å². The van der Waals surface area contributed by atoms with Crippen LogP contribution in [0.2, 0.25) is 0 Å². The van der Waals surface area contributed by atoms with E-state index in [1.807, 2.05) is 30.3 Å². The first-order valence-corrected chi connectivity index (χ1v) is 5.45. The monoisotopic (exact) mass is 271 g/mol. The number of primary amides is 1. The molecule has 5 N–H and O–H groups in total. The van der Waals surface area contributed by atoms with Gasteiger partial charge in [-0.1, -0.05) is 30.3 Å². The number of benzene rings is 1. The van der Waals surface area contributed by atoms with Crippen LogP contribution in [0.3, 0.4) is 0 Å². The van der Waals surface area contributed by atoms with Gasteiger partial charge in [0, 0.05) is 25.4 Å². The third-order valence-electron chi connectivity index (χ3n) is 2.33. The molecule has 5 nitrogen and oxygen atoms in total. The second-order valence-corrected chi connectivity index (χ2v) is 3.79. The summed E-state index contributed by atoms with van der Waals surface area (Å²) in [5.41, 5.74) is 11.7. The van der Waals surface area contributed by atoms with E-state index in [0.29, 0.717) is 0 Å². The third kappa shape index (κ3) is 6.22. The van der Waals surface area contributed by atoms with Gasteiger partial charge in [-0.2, -0.15) is 0 Å². The lowest BCUT2D eigenvalue weighted by atomic mass is 10.0. The first kappa shape index (κ1) is 16.4. The van der Waals surface area contributed by atoms with E-state index in [9.17, 15) is 9.59 Å². The number of carbonyl (C=O) groups excluding carboxylic acids is 2. The van der Waals surface area contributed by atoms with Gasteiger partial charge in [-0.3, -0.25) is 9.59 Å². The lowest BCUT2D eigenvalue weighted by molar-refractivity contribution is -0.121. The number of carbonyl (C=O) groups is 2. The van der Waals surface area contributed by atoms with Crippen LogP contribution in [0.25, 0.3) is 0 Å². The highest BCUT2D eigenvalue weighted by Gasteiger charge is 2.10. The molecule has 0 saturated carbocycles. The molecule has 18 heavy (non-hydrogen) atoms. The van der Waals surface area contributed by atoms with Crippen molar-refractivity contribution >= 4 is 24.2 Å². The maximum atomic E-state index is 11.5. The molecule has 1 atom stereocenters. The van der Waals surface area contributed by atoms with Crippen molar-refractivity contribution in [1.82, 2.24) is 5.32 Å². The van der Waals surface area contributed by atoms with E-state index >= 15 is 0 Å². The van der Waals surface area contributed by atoms with Gasteiger partial charge in [0.05, 0.1) is 0 Å². The van der Waals surface area contributed by atoms with Crippen molar-refractivity contribution in [3.05, 3.63) is 35.9 Å². The largest absolute Gasteiger partial charge is 0.370 e. The predicted octanol–water partition coefficient (Wildman–Crippen LogP) is 0.490. The fourth-order valence-corrected chi connectivity index (χ4v) is 1.42. The van der Waals surface area contributed by atoms with Gasteiger partial charge in [-0.05, 0) is 5.56 Å². The van der Waals surface area contributed by atoms with Crippen LogP contribution in [-0.4, -0.2) is 18.4 Å². The predicted molar refractivity (Wildman–Crippen MR) is 72.1 cm³/mol. The standard InChI is InChI=1S/C12H17N3O2.ClH/c13-10(9-4-2-1-3-5-9)8-12(17)15-7-6-11(14)16;/h1-5,10H,6-8,13H2,(H2,14,16)(H,15,17);1H. The highest BCUT2D eigenvalue weighted by molar-refractivity contribution is 5.85. The van der Waals surface area contributed by atoms with Crippen LogP contribution in [0.5, 0.6) is 0 Å². The Morgan fingerprint density at radius 3 is 2.39 bits per heavy atom. The van der Waals surface area contributed by atoms with E-state index in [1.54, 1.807) is 0 Å². The third-order valence-corrected chi connectivity index (χ3v) is 2.33. The van der Waals surface area contributed by atoms with Gasteiger partial charge in [-0.15, -0.1) is 12.4 Å². The molecule has 0 aromatic heterocycles. The van der Waals surface area contributed by atoms with Crippen LogP contribution in [0, 0.1) is 0 Å². The minimum absolute atomic E-state index is 0. The fraction of sp³-hybridized carbons (Fsp3) is 0.333. The SMILES string of the molecule is Cl.NC(=O)CCNC(=O)CC(N)c1ccccc1. The van der Waals surface area contributed by atoms with Crippen molar-refractivity contribution in [2.24, 2.45) is 11.5 Å². The van der Waals surface area contributed by atoms with Crippen molar-refractivity contribution in [2.75, 3.05) is 6.54 Å². The number of hydrogen-bond donors (Lipinski definition) is 3. The van der Waals surface area contributed by atoms with Crippen LogP contribution < -0.4 is 16.8 Å². The van der Waals surface area contributed by atoms with Crippen LogP contribution >= 0.6 is 12.4 Å². The number of amides is 2. The Morgan fingerprint density at radius 1 is 1.22 bits per heavy atom. The average Bonchev–Trinajstić information content (AvgIpc) is 2.29. The Balaban J connectivity index is 0.00000289. The van der Waals surface area contributed by atoms with Gasteiger partial charge in [-0.25, -0.2) is 0 Å². The van der Waals surface area contributed by atoms with E-state index < -0.39 is 5.91 Å². The van der Waals surface area contributed by atoms with E-state index in [0.717, 1.165) is 5.56 Å². The first-order chi connectivity index (χ1) is 8.09.